The van der Waals surface area contributed by atoms with Crippen LogP contribution in [0.1, 0.15) is 17.3 Å². The van der Waals surface area contributed by atoms with Crippen LogP contribution in [-0.4, -0.2) is 12.6 Å². The Balaban J connectivity index is 2.27. The molecule has 1 N–H and O–H groups in total. The minimum Gasteiger partial charge on any atom is -0.462 e. The van der Waals surface area contributed by atoms with E-state index in [0.717, 1.165) is 0 Å². The molecule has 0 aliphatic carbocycles. The van der Waals surface area contributed by atoms with Gasteiger partial charge in [-0.25, -0.2) is 9.18 Å². The average Bonchev–Trinajstić information content (AvgIpc) is 2.39. The maximum absolute atomic E-state index is 13.1. The first kappa shape index (κ1) is 13.1. The fraction of sp³-hybridized carbons (Fsp3) is 0.133. The summed E-state index contributed by atoms with van der Waals surface area (Å²) >= 11 is 0. The van der Waals surface area contributed by atoms with E-state index >= 15 is 0 Å². The molecule has 0 atom stereocenters. The third-order valence-corrected chi connectivity index (χ3v) is 2.53. The quantitative estimate of drug-likeness (QED) is 0.850. The highest BCUT2D eigenvalue weighted by Crippen LogP contribution is 2.22. The van der Waals surface area contributed by atoms with Crippen LogP contribution in [0.3, 0.4) is 0 Å². The summed E-state index contributed by atoms with van der Waals surface area (Å²) in [6.45, 7) is 2.06. The van der Waals surface area contributed by atoms with Crippen LogP contribution in [0.5, 0.6) is 0 Å². The van der Waals surface area contributed by atoms with Gasteiger partial charge in [0.1, 0.15) is 5.82 Å². The smallest absolute Gasteiger partial charge is 0.340 e. The highest BCUT2D eigenvalue weighted by atomic mass is 19.1. The predicted octanol–water partition coefficient (Wildman–Crippen LogP) is 3.75. The molecule has 0 fully saturated rings. The highest BCUT2D eigenvalue weighted by Gasteiger charge is 2.11. The van der Waals surface area contributed by atoms with Crippen molar-refractivity contribution in [2.45, 2.75) is 6.92 Å². The van der Waals surface area contributed by atoms with Gasteiger partial charge < -0.3 is 10.1 Å². The number of carbonyl (C=O) groups is 1. The Morgan fingerprint density at radius 1 is 1.21 bits per heavy atom. The first-order valence-corrected chi connectivity index (χ1v) is 5.99. The second-order valence-corrected chi connectivity index (χ2v) is 3.90. The van der Waals surface area contributed by atoms with Gasteiger partial charge in [-0.3, -0.25) is 0 Å². The lowest BCUT2D eigenvalue weighted by Gasteiger charge is -2.11. The summed E-state index contributed by atoms with van der Waals surface area (Å²) in [5.74, 6) is -0.736. The summed E-state index contributed by atoms with van der Waals surface area (Å²) in [4.78, 5) is 11.8. The van der Waals surface area contributed by atoms with E-state index in [1.165, 1.54) is 12.1 Å². The molecular weight excluding hydrogens is 245 g/mol. The SMILES string of the molecule is CCOC(=O)c1ccccc1Nc1cccc(F)c1. The number of benzene rings is 2. The predicted molar refractivity (Wildman–Crippen MR) is 72.1 cm³/mol. The molecule has 0 bridgehead atoms. The van der Waals surface area contributed by atoms with Crippen molar-refractivity contribution < 1.29 is 13.9 Å². The summed E-state index contributed by atoms with van der Waals surface area (Å²) in [6, 6.07) is 13.0. The molecule has 2 aromatic carbocycles. The molecule has 0 amide bonds. The van der Waals surface area contributed by atoms with Crippen molar-refractivity contribution >= 4 is 17.3 Å². The maximum Gasteiger partial charge on any atom is 0.340 e. The van der Waals surface area contributed by atoms with Gasteiger partial charge in [0, 0.05) is 5.69 Å². The zero-order chi connectivity index (χ0) is 13.7. The van der Waals surface area contributed by atoms with E-state index in [-0.39, 0.29) is 5.82 Å². The fourth-order valence-corrected chi connectivity index (χ4v) is 1.70. The Kier molecular flexibility index (Phi) is 4.13. The molecule has 98 valence electrons. The second-order valence-electron chi connectivity index (χ2n) is 3.90. The van der Waals surface area contributed by atoms with Gasteiger partial charge in [0.05, 0.1) is 17.9 Å². The number of hydrogen-bond donors (Lipinski definition) is 1. The van der Waals surface area contributed by atoms with Crippen LogP contribution in [0, 0.1) is 5.82 Å². The van der Waals surface area contributed by atoms with Crippen LogP contribution >= 0.6 is 0 Å². The van der Waals surface area contributed by atoms with Gasteiger partial charge in [-0.1, -0.05) is 18.2 Å². The Labute approximate surface area is 111 Å². The monoisotopic (exact) mass is 259 g/mol. The number of rotatable bonds is 4. The minimum atomic E-state index is -0.401. The molecule has 0 saturated heterocycles. The molecular formula is C15H14FNO2. The molecule has 0 saturated carbocycles. The van der Waals surface area contributed by atoms with Crippen molar-refractivity contribution in [2.24, 2.45) is 0 Å². The summed E-state index contributed by atoms with van der Waals surface area (Å²) in [6.07, 6.45) is 0. The van der Waals surface area contributed by atoms with Gasteiger partial charge in [-0.05, 0) is 37.3 Å². The molecule has 19 heavy (non-hydrogen) atoms. The van der Waals surface area contributed by atoms with E-state index in [1.807, 2.05) is 0 Å². The molecule has 3 nitrogen and oxygen atoms in total. The third kappa shape index (κ3) is 3.31. The minimum absolute atomic E-state index is 0.313. The lowest BCUT2D eigenvalue weighted by molar-refractivity contribution is 0.0527. The van der Waals surface area contributed by atoms with E-state index in [2.05, 4.69) is 5.32 Å². The summed E-state index contributed by atoms with van der Waals surface area (Å²) in [7, 11) is 0. The number of ether oxygens (including phenoxy) is 1. The Morgan fingerprint density at radius 3 is 2.74 bits per heavy atom. The van der Waals surface area contributed by atoms with Crippen molar-refractivity contribution in [1.29, 1.82) is 0 Å². The van der Waals surface area contributed by atoms with Crippen molar-refractivity contribution in [3.05, 3.63) is 59.9 Å². The first-order valence-electron chi connectivity index (χ1n) is 5.99. The zero-order valence-corrected chi connectivity index (χ0v) is 10.5. The van der Waals surface area contributed by atoms with Crippen LogP contribution in [0.4, 0.5) is 15.8 Å². The van der Waals surface area contributed by atoms with Crippen molar-refractivity contribution in [1.82, 2.24) is 0 Å². The van der Waals surface area contributed by atoms with E-state index in [0.29, 0.717) is 23.5 Å². The topological polar surface area (TPSA) is 38.3 Å². The fourth-order valence-electron chi connectivity index (χ4n) is 1.70. The van der Waals surface area contributed by atoms with Crippen LogP contribution in [0.2, 0.25) is 0 Å². The largest absolute Gasteiger partial charge is 0.462 e. The van der Waals surface area contributed by atoms with Gasteiger partial charge in [-0.2, -0.15) is 0 Å². The molecule has 0 heterocycles. The molecule has 0 aromatic heterocycles. The number of para-hydroxylation sites is 1. The van der Waals surface area contributed by atoms with Gasteiger partial charge >= 0.3 is 5.97 Å². The molecule has 4 heteroatoms. The number of nitrogens with one attached hydrogen (secondary N) is 1. The zero-order valence-electron chi connectivity index (χ0n) is 10.5. The molecule has 0 aliphatic rings. The summed E-state index contributed by atoms with van der Waals surface area (Å²) in [5, 5.41) is 3.01. The Morgan fingerprint density at radius 2 is 2.00 bits per heavy atom. The lowest BCUT2D eigenvalue weighted by atomic mass is 10.1. The van der Waals surface area contributed by atoms with Crippen LogP contribution in [0.25, 0.3) is 0 Å². The molecule has 0 unspecified atom stereocenters. The molecule has 2 aromatic rings. The van der Waals surface area contributed by atoms with Gasteiger partial charge in [-0.15, -0.1) is 0 Å². The first-order chi connectivity index (χ1) is 9.20. The molecule has 2 rings (SSSR count). The second kappa shape index (κ2) is 6.00. The Hall–Kier alpha value is -2.36. The normalized spacial score (nSPS) is 10.0. The summed E-state index contributed by atoms with van der Waals surface area (Å²) in [5.41, 5.74) is 1.59. The maximum atomic E-state index is 13.1. The number of carbonyl (C=O) groups excluding carboxylic acids is 1. The van der Waals surface area contributed by atoms with E-state index < -0.39 is 5.97 Å². The number of esters is 1. The van der Waals surface area contributed by atoms with E-state index in [1.54, 1.807) is 43.3 Å². The van der Waals surface area contributed by atoms with E-state index in [4.69, 9.17) is 4.74 Å². The number of hydrogen-bond acceptors (Lipinski definition) is 3. The van der Waals surface area contributed by atoms with Gasteiger partial charge in [0.25, 0.3) is 0 Å². The average molecular weight is 259 g/mol. The van der Waals surface area contributed by atoms with Crippen LogP contribution < -0.4 is 5.32 Å². The third-order valence-electron chi connectivity index (χ3n) is 2.53. The molecule has 0 aliphatic heterocycles. The lowest BCUT2D eigenvalue weighted by Crippen LogP contribution is -2.07. The molecule has 0 radical (unpaired) electrons. The Bertz CT molecular complexity index is 584. The van der Waals surface area contributed by atoms with Crippen molar-refractivity contribution in [3.63, 3.8) is 0 Å². The van der Waals surface area contributed by atoms with Gasteiger partial charge in [0.2, 0.25) is 0 Å². The highest BCUT2D eigenvalue weighted by molar-refractivity contribution is 5.96. The van der Waals surface area contributed by atoms with Crippen molar-refractivity contribution in [2.75, 3.05) is 11.9 Å². The standard InChI is InChI=1S/C15H14FNO2/c1-2-19-15(18)13-8-3-4-9-14(13)17-12-7-5-6-11(16)10-12/h3-10,17H,2H2,1H3. The van der Waals surface area contributed by atoms with E-state index in [9.17, 15) is 9.18 Å². The summed E-state index contributed by atoms with van der Waals surface area (Å²) < 4.78 is 18.1. The van der Waals surface area contributed by atoms with Crippen molar-refractivity contribution in [3.8, 4) is 0 Å². The molecule has 0 spiro atoms. The van der Waals surface area contributed by atoms with Crippen LogP contribution in [0.15, 0.2) is 48.5 Å². The van der Waals surface area contributed by atoms with Crippen LogP contribution in [-0.2, 0) is 4.74 Å². The number of halogens is 1. The van der Waals surface area contributed by atoms with Gasteiger partial charge in [0.15, 0.2) is 0 Å². The number of anilines is 2.